The number of hydrogen-bond acceptors (Lipinski definition) is 5. The normalized spacial score (nSPS) is 19.0. The number of aromatic nitrogens is 3. The lowest BCUT2D eigenvalue weighted by molar-refractivity contribution is -0.134. The average Bonchev–Trinajstić information content (AvgIpc) is 3.18. The lowest BCUT2D eigenvalue weighted by Crippen LogP contribution is -2.62. The number of carbonyl (C=O) groups is 1. The predicted molar refractivity (Wildman–Crippen MR) is 106 cm³/mol. The molecule has 1 saturated carbocycles. The van der Waals surface area contributed by atoms with Gasteiger partial charge in [0.15, 0.2) is 5.82 Å². The van der Waals surface area contributed by atoms with E-state index in [1.54, 1.807) is 7.11 Å². The van der Waals surface area contributed by atoms with E-state index in [2.05, 4.69) is 31.5 Å². The van der Waals surface area contributed by atoms with Gasteiger partial charge < -0.3 is 19.9 Å². The lowest BCUT2D eigenvalue weighted by atomic mass is 9.75. The summed E-state index contributed by atoms with van der Waals surface area (Å²) in [6.07, 6.45) is 8.66. The van der Waals surface area contributed by atoms with Gasteiger partial charge in [-0.2, -0.15) is 0 Å². The molecule has 7 heteroatoms. The van der Waals surface area contributed by atoms with Crippen molar-refractivity contribution in [1.82, 2.24) is 25.4 Å². The molecule has 7 nitrogen and oxygen atoms in total. The molecule has 0 radical (unpaired) electrons. The second-order valence-corrected chi connectivity index (χ2v) is 8.04. The standard InChI is InChI=1S/C21H29N5O2/c1-28-18-9-5-6-16(10-18)11-21(13-22-14-21)20(27)23-12-19-25-24-15-26(19)17-7-3-2-4-8-17/h5-6,9-10,15,17,22H,2-4,7-8,11-14H2,1H3,(H,23,27). The highest BCUT2D eigenvalue weighted by atomic mass is 16.5. The van der Waals surface area contributed by atoms with Crippen LogP contribution in [0, 0.1) is 5.41 Å². The third kappa shape index (κ3) is 3.90. The van der Waals surface area contributed by atoms with E-state index in [0.29, 0.717) is 32.1 Å². The Bertz CT molecular complexity index is 809. The smallest absolute Gasteiger partial charge is 0.229 e. The SMILES string of the molecule is COc1cccc(CC2(C(=O)NCc3nncn3C3CCCCC3)CNC2)c1. The van der Waals surface area contributed by atoms with Gasteiger partial charge in [-0.15, -0.1) is 10.2 Å². The van der Waals surface area contributed by atoms with Crippen molar-refractivity contribution in [2.24, 2.45) is 5.41 Å². The van der Waals surface area contributed by atoms with E-state index in [0.717, 1.165) is 17.1 Å². The van der Waals surface area contributed by atoms with Gasteiger partial charge in [0, 0.05) is 19.1 Å². The molecule has 28 heavy (non-hydrogen) atoms. The molecule has 4 rings (SSSR count). The Hall–Kier alpha value is -2.41. The second-order valence-electron chi connectivity index (χ2n) is 8.04. The summed E-state index contributed by atoms with van der Waals surface area (Å²) in [5.74, 6) is 1.75. The number of amides is 1. The van der Waals surface area contributed by atoms with E-state index < -0.39 is 5.41 Å². The van der Waals surface area contributed by atoms with Crippen LogP contribution in [0.5, 0.6) is 5.75 Å². The van der Waals surface area contributed by atoms with Crippen molar-refractivity contribution >= 4 is 5.91 Å². The third-order valence-corrected chi connectivity index (χ3v) is 6.11. The van der Waals surface area contributed by atoms with Crippen LogP contribution in [0.25, 0.3) is 0 Å². The molecular formula is C21H29N5O2. The van der Waals surface area contributed by atoms with Gasteiger partial charge in [-0.1, -0.05) is 31.4 Å². The summed E-state index contributed by atoms with van der Waals surface area (Å²) in [4.78, 5) is 13.0. The van der Waals surface area contributed by atoms with Crippen LogP contribution in [-0.2, 0) is 17.8 Å². The molecule has 1 aliphatic carbocycles. The molecule has 0 atom stereocenters. The van der Waals surface area contributed by atoms with Crippen molar-refractivity contribution in [3.8, 4) is 5.75 Å². The Kier molecular flexibility index (Phi) is 5.62. The molecule has 2 N–H and O–H groups in total. The van der Waals surface area contributed by atoms with E-state index in [4.69, 9.17) is 4.74 Å². The quantitative estimate of drug-likeness (QED) is 0.766. The summed E-state index contributed by atoms with van der Waals surface area (Å²) in [5.41, 5.74) is 0.698. The Labute approximate surface area is 165 Å². The Morgan fingerprint density at radius 3 is 2.86 bits per heavy atom. The Morgan fingerprint density at radius 1 is 1.32 bits per heavy atom. The minimum Gasteiger partial charge on any atom is -0.497 e. The fraction of sp³-hybridized carbons (Fsp3) is 0.571. The molecule has 2 aliphatic rings. The third-order valence-electron chi connectivity index (χ3n) is 6.11. The van der Waals surface area contributed by atoms with Crippen LogP contribution in [0.3, 0.4) is 0 Å². The number of hydrogen-bond donors (Lipinski definition) is 2. The van der Waals surface area contributed by atoms with Crippen LogP contribution in [0.1, 0.15) is 49.5 Å². The molecule has 150 valence electrons. The number of methoxy groups -OCH3 is 1. The molecule has 1 aromatic carbocycles. The van der Waals surface area contributed by atoms with E-state index in [1.807, 2.05) is 24.5 Å². The van der Waals surface area contributed by atoms with Crippen LogP contribution in [-0.4, -0.2) is 40.9 Å². The maximum atomic E-state index is 13.0. The highest BCUT2D eigenvalue weighted by Crippen LogP contribution is 2.30. The summed E-state index contributed by atoms with van der Waals surface area (Å²) >= 11 is 0. The largest absolute Gasteiger partial charge is 0.497 e. The number of nitrogens with one attached hydrogen (secondary N) is 2. The maximum Gasteiger partial charge on any atom is 0.229 e. The molecular weight excluding hydrogens is 354 g/mol. The number of benzene rings is 1. The van der Waals surface area contributed by atoms with Crippen LogP contribution in [0.4, 0.5) is 0 Å². The lowest BCUT2D eigenvalue weighted by Gasteiger charge is -2.41. The number of ether oxygens (including phenoxy) is 1. The monoisotopic (exact) mass is 383 g/mol. The van der Waals surface area contributed by atoms with Gasteiger partial charge in [0.2, 0.25) is 5.91 Å². The first-order valence-electron chi connectivity index (χ1n) is 10.2. The molecule has 0 bridgehead atoms. The molecule has 0 spiro atoms. The van der Waals surface area contributed by atoms with Gasteiger partial charge in [0.25, 0.3) is 0 Å². The molecule has 2 aromatic rings. The molecule has 1 amide bonds. The summed E-state index contributed by atoms with van der Waals surface area (Å²) in [6, 6.07) is 8.42. The first-order valence-corrected chi connectivity index (χ1v) is 10.2. The van der Waals surface area contributed by atoms with Crippen molar-refractivity contribution in [1.29, 1.82) is 0 Å². The molecule has 1 aliphatic heterocycles. The zero-order chi connectivity index (χ0) is 19.4. The highest BCUT2D eigenvalue weighted by molar-refractivity contribution is 5.84. The van der Waals surface area contributed by atoms with Gasteiger partial charge >= 0.3 is 0 Å². The maximum absolute atomic E-state index is 13.0. The molecule has 2 fully saturated rings. The minimum absolute atomic E-state index is 0.0762. The van der Waals surface area contributed by atoms with Crippen molar-refractivity contribution < 1.29 is 9.53 Å². The molecule has 1 saturated heterocycles. The van der Waals surface area contributed by atoms with Gasteiger partial charge in [-0.05, 0) is 37.0 Å². The zero-order valence-electron chi connectivity index (χ0n) is 16.5. The number of nitrogens with zero attached hydrogens (tertiary/aromatic N) is 3. The van der Waals surface area contributed by atoms with Crippen molar-refractivity contribution in [2.75, 3.05) is 20.2 Å². The van der Waals surface area contributed by atoms with Gasteiger partial charge in [-0.3, -0.25) is 4.79 Å². The van der Waals surface area contributed by atoms with Crippen LogP contribution < -0.4 is 15.4 Å². The fourth-order valence-electron chi connectivity index (χ4n) is 4.37. The van der Waals surface area contributed by atoms with Crippen molar-refractivity contribution in [3.05, 3.63) is 42.0 Å². The van der Waals surface area contributed by atoms with Crippen LogP contribution >= 0.6 is 0 Å². The van der Waals surface area contributed by atoms with Gasteiger partial charge in [0.05, 0.1) is 19.1 Å². The average molecular weight is 383 g/mol. The van der Waals surface area contributed by atoms with Crippen LogP contribution in [0.2, 0.25) is 0 Å². The summed E-state index contributed by atoms with van der Waals surface area (Å²) < 4.78 is 7.47. The molecule has 1 aromatic heterocycles. The predicted octanol–water partition coefficient (Wildman–Crippen LogP) is 2.24. The van der Waals surface area contributed by atoms with E-state index >= 15 is 0 Å². The number of carbonyl (C=O) groups excluding carboxylic acids is 1. The first-order chi connectivity index (χ1) is 13.7. The zero-order valence-corrected chi connectivity index (χ0v) is 16.5. The van der Waals surface area contributed by atoms with E-state index in [1.165, 1.54) is 32.1 Å². The van der Waals surface area contributed by atoms with Crippen molar-refractivity contribution in [3.63, 3.8) is 0 Å². The topological polar surface area (TPSA) is 81.1 Å². The number of rotatable bonds is 7. The summed E-state index contributed by atoms with van der Waals surface area (Å²) in [7, 11) is 1.66. The highest BCUT2D eigenvalue weighted by Gasteiger charge is 2.44. The Morgan fingerprint density at radius 2 is 2.14 bits per heavy atom. The van der Waals surface area contributed by atoms with E-state index in [9.17, 15) is 4.79 Å². The molecule has 2 heterocycles. The van der Waals surface area contributed by atoms with Gasteiger partial charge in [0.1, 0.15) is 12.1 Å². The first kappa shape index (κ1) is 18.9. The second kappa shape index (κ2) is 8.31. The van der Waals surface area contributed by atoms with Gasteiger partial charge in [-0.25, -0.2) is 0 Å². The Balaban J connectivity index is 1.40. The minimum atomic E-state index is -0.415. The van der Waals surface area contributed by atoms with Crippen molar-refractivity contribution in [2.45, 2.75) is 51.1 Å². The molecule has 0 unspecified atom stereocenters. The summed E-state index contributed by atoms with van der Waals surface area (Å²) in [5, 5.41) is 14.7. The van der Waals surface area contributed by atoms with Crippen LogP contribution in [0.15, 0.2) is 30.6 Å². The summed E-state index contributed by atoms with van der Waals surface area (Å²) in [6.45, 7) is 1.80. The fourth-order valence-corrected chi connectivity index (χ4v) is 4.37. The van der Waals surface area contributed by atoms with E-state index in [-0.39, 0.29) is 5.91 Å².